The first-order valence-corrected chi connectivity index (χ1v) is 6.18. The van der Waals surface area contributed by atoms with E-state index < -0.39 is 0 Å². The summed E-state index contributed by atoms with van der Waals surface area (Å²) in [7, 11) is 1.59. The van der Waals surface area contributed by atoms with Crippen molar-refractivity contribution in [2.75, 3.05) is 13.9 Å². The fraction of sp³-hybridized carbons (Fsp3) is 0.133. The summed E-state index contributed by atoms with van der Waals surface area (Å²) in [5, 5.41) is 7.95. The first kappa shape index (κ1) is 12.5. The first-order chi connectivity index (χ1) is 9.85. The molecule has 1 aromatic heterocycles. The molecule has 0 atom stereocenters. The van der Waals surface area contributed by atoms with Gasteiger partial charge in [0.15, 0.2) is 6.79 Å². The fourth-order valence-electron chi connectivity index (χ4n) is 1.85. The lowest BCUT2D eigenvalue weighted by atomic mass is 10.2. The molecular formula is C15H14N2O3. The third kappa shape index (κ3) is 2.73. The van der Waals surface area contributed by atoms with Crippen molar-refractivity contribution in [1.82, 2.24) is 10.2 Å². The van der Waals surface area contributed by atoms with E-state index in [1.165, 1.54) is 0 Å². The van der Waals surface area contributed by atoms with Gasteiger partial charge >= 0.3 is 0 Å². The third-order valence-corrected chi connectivity index (χ3v) is 2.82. The van der Waals surface area contributed by atoms with Crippen molar-refractivity contribution in [2.45, 2.75) is 0 Å². The summed E-state index contributed by atoms with van der Waals surface area (Å²) in [5.41, 5.74) is 0.947. The van der Waals surface area contributed by atoms with Crippen molar-refractivity contribution in [3.05, 3.63) is 48.7 Å². The minimum absolute atomic E-state index is 0.233. The highest BCUT2D eigenvalue weighted by molar-refractivity contribution is 5.79. The van der Waals surface area contributed by atoms with Crippen LogP contribution in [0.25, 0.3) is 10.9 Å². The van der Waals surface area contributed by atoms with Crippen LogP contribution in [0.3, 0.4) is 0 Å². The second kappa shape index (κ2) is 5.63. The molecule has 0 saturated heterocycles. The predicted molar refractivity (Wildman–Crippen MR) is 75.1 cm³/mol. The summed E-state index contributed by atoms with van der Waals surface area (Å²) in [5.74, 6) is 2.24. The zero-order valence-corrected chi connectivity index (χ0v) is 11.0. The van der Waals surface area contributed by atoms with Gasteiger partial charge in [0.1, 0.15) is 17.2 Å². The van der Waals surface area contributed by atoms with E-state index in [1.807, 2.05) is 42.5 Å². The minimum atomic E-state index is 0.233. The van der Waals surface area contributed by atoms with Gasteiger partial charge in [0, 0.05) is 18.6 Å². The Hall–Kier alpha value is -2.53. The number of benzene rings is 2. The Balaban J connectivity index is 1.73. The second-order valence-electron chi connectivity index (χ2n) is 4.24. The van der Waals surface area contributed by atoms with Crippen molar-refractivity contribution < 1.29 is 14.2 Å². The van der Waals surface area contributed by atoms with E-state index in [0.717, 1.165) is 28.2 Å². The van der Waals surface area contributed by atoms with Crippen LogP contribution in [-0.2, 0) is 4.74 Å². The maximum Gasteiger partial charge on any atom is 0.188 e. The highest BCUT2D eigenvalue weighted by atomic mass is 16.7. The van der Waals surface area contributed by atoms with Gasteiger partial charge in [0.05, 0.1) is 11.7 Å². The monoisotopic (exact) mass is 270 g/mol. The van der Waals surface area contributed by atoms with Gasteiger partial charge in [-0.05, 0) is 36.4 Å². The Morgan fingerprint density at radius 3 is 2.55 bits per heavy atom. The molecule has 2 aromatic carbocycles. The number of hydrogen-bond donors (Lipinski definition) is 1. The van der Waals surface area contributed by atoms with E-state index in [-0.39, 0.29) is 6.79 Å². The van der Waals surface area contributed by atoms with Crippen LogP contribution in [0, 0.1) is 0 Å². The maximum atomic E-state index is 5.78. The number of hydrogen-bond acceptors (Lipinski definition) is 4. The van der Waals surface area contributed by atoms with Crippen molar-refractivity contribution in [3.8, 4) is 17.2 Å². The molecule has 102 valence electrons. The summed E-state index contributed by atoms with van der Waals surface area (Å²) in [4.78, 5) is 0. The van der Waals surface area contributed by atoms with E-state index in [1.54, 1.807) is 13.3 Å². The number of aromatic nitrogens is 2. The molecule has 0 amide bonds. The molecule has 3 aromatic rings. The van der Waals surface area contributed by atoms with Gasteiger partial charge in [-0.15, -0.1) is 0 Å². The smallest absolute Gasteiger partial charge is 0.188 e. The molecule has 0 fully saturated rings. The number of H-pyrrole nitrogens is 1. The molecule has 0 aliphatic heterocycles. The SMILES string of the molecule is COCOc1ccc(Oc2ccc3cn[nH]c3c2)cc1. The van der Waals surface area contributed by atoms with Crippen LogP contribution in [0.15, 0.2) is 48.7 Å². The molecule has 0 radical (unpaired) electrons. The zero-order chi connectivity index (χ0) is 13.8. The number of fused-ring (bicyclic) bond motifs is 1. The van der Waals surface area contributed by atoms with Gasteiger partial charge in [0.2, 0.25) is 0 Å². The normalized spacial score (nSPS) is 10.7. The number of ether oxygens (including phenoxy) is 3. The Bertz CT molecular complexity index is 692. The van der Waals surface area contributed by atoms with Crippen LogP contribution in [0.1, 0.15) is 0 Å². The van der Waals surface area contributed by atoms with Crippen LogP contribution in [0.4, 0.5) is 0 Å². The average Bonchev–Trinajstić information content (AvgIpc) is 2.94. The average molecular weight is 270 g/mol. The lowest BCUT2D eigenvalue weighted by molar-refractivity contribution is 0.0511. The van der Waals surface area contributed by atoms with Crippen molar-refractivity contribution in [2.24, 2.45) is 0 Å². The molecule has 5 heteroatoms. The van der Waals surface area contributed by atoms with E-state index in [9.17, 15) is 0 Å². The Morgan fingerprint density at radius 2 is 1.75 bits per heavy atom. The lowest BCUT2D eigenvalue weighted by Crippen LogP contribution is -1.98. The number of methoxy groups -OCH3 is 1. The summed E-state index contributed by atoms with van der Waals surface area (Å²) >= 11 is 0. The number of aromatic amines is 1. The minimum Gasteiger partial charge on any atom is -0.468 e. The largest absolute Gasteiger partial charge is 0.468 e. The van der Waals surface area contributed by atoms with Gasteiger partial charge in [-0.1, -0.05) is 0 Å². The summed E-state index contributed by atoms with van der Waals surface area (Å²) in [6, 6.07) is 13.2. The second-order valence-corrected chi connectivity index (χ2v) is 4.24. The van der Waals surface area contributed by atoms with E-state index in [4.69, 9.17) is 14.2 Å². The molecule has 0 unspecified atom stereocenters. The summed E-state index contributed by atoms with van der Waals surface area (Å²) in [6.07, 6.45) is 1.78. The maximum absolute atomic E-state index is 5.78. The quantitative estimate of drug-likeness (QED) is 0.722. The van der Waals surface area contributed by atoms with Crippen LogP contribution in [0.5, 0.6) is 17.2 Å². The molecule has 1 N–H and O–H groups in total. The topological polar surface area (TPSA) is 56.4 Å². The first-order valence-electron chi connectivity index (χ1n) is 6.18. The molecule has 0 aliphatic carbocycles. The van der Waals surface area contributed by atoms with Crippen molar-refractivity contribution in [1.29, 1.82) is 0 Å². The predicted octanol–water partition coefficient (Wildman–Crippen LogP) is 3.34. The van der Waals surface area contributed by atoms with Gasteiger partial charge in [-0.25, -0.2) is 0 Å². The summed E-state index contributed by atoms with van der Waals surface area (Å²) < 4.78 is 15.9. The molecule has 5 nitrogen and oxygen atoms in total. The van der Waals surface area contributed by atoms with Crippen LogP contribution in [0.2, 0.25) is 0 Å². The highest BCUT2D eigenvalue weighted by Gasteiger charge is 2.01. The van der Waals surface area contributed by atoms with Gasteiger partial charge in [-0.3, -0.25) is 5.10 Å². The molecule has 3 rings (SSSR count). The Morgan fingerprint density at radius 1 is 1.00 bits per heavy atom. The third-order valence-electron chi connectivity index (χ3n) is 2.82. The zero-order valence-electron chi connectivity index (χ0n) is 11.0. The van der Waals surface area contributed by atoms with E-state index in [0.29, 0.717) is 0 Å². The molecular weight excluding hydrogens is 256 g/mol. The van der Waals surface area contributed by atoms with Crippen LogP contribution in [-0.4, -0.2) is 24.1 Å². The Labute approximate surface area is 116 Å². The summed E-state index contributed by atoms with van der Waals surface area (Å²) in [6.45, 7) is 0.233. The highest BCUT2D eigenvalue weighted by Crippen LogP contribution is 2.26. The molecule has 1 heterocycles. The van der Waals surface area contributed by atoms with E-state index in [2.05, 4.69) is 10.2 Å². The molecule has 0 aliphatic rings. The fourth-order valence-corrected chi connectivity index (χ4v) is 1.85. The number of nitrogens with one attached hydrogen (secondary N) is 1. The van der Waals surface area contributed by atoms with Crippen molar-refractivity contribution >= 4 is 10.9 Å². The van der Waals surface area contributed by atoms with Gasteiger partial charge < -0.3 is 14.2 Å². The van der Waals surface area contributed by atoms with Crippen LogP contribution >= 0.6 is 0 Å². The standard InChI is InChI=1S/C15H14N2O3/c1-18-10-19-12-4-6-13(7-5-12)20-14-3-2-11-9-16-17-15(11)8-14/h2-9H,10H2,1H3,(H,16,17). The lowest BCUT2D eigenvalue weighted by Gasteiger charge is -2.07. The van der Waals surface area contributed by atoms with Gasteiger partial charge in [-0.2, -0.15) is 5.10 Å². The van der Waals surface area contributed by atoms with Gasteiger partial charge in [0.25, 0.3) is 0 Å². The van der Waals surface area contributed by atoms with E-state index >= 15 is 0 Å². The number of nitrogens with zero attached hydrogens (tertiary/aromatic N) is 1. The molecule has 0 spiro atoms. The Kier molecular flexibility index (Phi) is 3.52. The van der Waals surface area contributed by atoms with Crippen molar-refractivity contribution in [3.63, 3.8) is 0 Å². The molecule has 20 heavy (non-hydrogen) atoms. The molecule has 0 saturated carbocycles. The van der Waals surface area contributed by atoms with Crippen LogP contribution < -0.4 is 9.47 Å². The molecule has 0 bridgehead atoms. The number of rotatable bonds is 5.